The van der Waals surface area contributed by atoms with Gasteiger partial charge in [-0.3, -0.25) is 0 Å². The summed E-state index contributed by atoms with van der Waals surface area (Å²) in [7, 11) is 3.50. The summed E-state index contributed by atoms with van der Waals surface area (Å²) in [6.45, 7) is 0. The second kappa shape index (κ2) is 6710. The minimum Gasteiger partial charge on any atom is -0.412 e. The van der Waals surface area contributed by atoms with E-state index < -0.39 is 0 Å². The SMILES string of the molecule is C[NH3+].C[NH3+].O.O.O.O.O.O.[Pt]. The van der Waals surface area contributed by atoms with Gasteiger partial charge in [-0.15, -0.1) is 0 Å². The Hall–Kier alpha value is 0.368. The van der Waals surface area contributed by atoms with Crippen molar-refractivity contribution in [2.45, 2.75) is 0 Å². The molecule has 0 fully saturated rings. The zero-order valence-corrected chi connectivity index (χ0v) is 9.00. The fraction of sp³-hybridized carbons (Fsp3) is 1.00. The molecular formula is C2H24N2O6Pt+2. The zero-order chi connectivity index (χ0) is 4.00. The van der Waals surface area contributed by atoms with Crippen LogP contribution in [-0.2, 0) is 21.1 Å². The Morgan fingerprint density at radius 2 is 0.455 bits per heavy atom. The molecule has 0 amide bonds. The van der Waals surface area contributed by atoms with E-state index in [1.807, 2.05) is 0 Å². The molecule has 0 aliphatic heterocycles. The molecule has 11 heavy (non-hydrogen) atoms. The molecule has 0 atom stereocenters. The van der Waals surface area contributed by atoms with Crippen molar-refractivity contribution >= 4 is 0 Å². The molecular weight excluding hydrogens is 343 g/mol. The second-order valence-corrected chi connectivity index (χ2v) is 0. The summed E-state index contributed by atoms with van der Waals surface area (Å²) in [5.41, 5.74) is 6.50. The van der Waals surface area contributed by atoms with Crippen LogP contribution in [0.2, 0.25) is 0 Å². The van der Waals surface area contributed by atoms with Crippen molar-refractivity contribution in [3.8, 4) is 0 Å². The van der Waals surface area contributed by atoms with E-state index >= 15 is 0 Å². The maximum atomic E-state index is 3.25. The normalized spacial score (nSPS) is 1.09. The van der Waals surface area contributed by atoms with Crippen LogP contribution in [0.25, 0.3) is 0 Å². The standard InChI is InChI=1S/2CH5N.6H2O.Pt/c2*1-2;;;;;;;/h2*2H2,1H3;6*1H2;/p+2. The largest absolute Gasteiger partial charge is 0.412 e. The maximum absolute atomic E-state index is 3.25. The van der Waals surface area contributed by atoms with Gasteiger partial charge in [-0.05, 0) is 0 Å². The molecule has 0 aromatic carbocycles. The van der Waals surface area contributed by atoms with Gasteiger partial charge in [-0.1, -0.05) is 0 Å². The molecule has 0 aliphatic carbocycles. The minimum atomic E-state index is 0. The van der Waals surface area contributed by atoms with E-state index in [2.05, 4.69) is 11.5 Å². The number of hydrogen-bond acceptors (Lipinski definition) is 0. The van der Waals surface area contributed by atoms with Gasteiger partial charge in [0, 0.05) is 21.1 Å². The molecule has 0 spiro atoms. The fourth-order valence-electron chi connectivity index (χ4n) is 0. The van der Waals surface area contributed by atoms with Gasteiger partial charge >= 0.3 is 0 Å². The molecule has 8 nitrogen and oxygen atoms in total. The van der Waals surface area contributed by atoms with E-state index in [4.69, 9.17) is 0 Å². The molecule has 18 N–H and O–H groups in total. The smallest absolute Gasteiger partial charge is 0.0634 e. The first-order chi connectivity index (χ1) is 2.00. The average Bonchev–Trinajstić information content (AvgIpc) is 1.50. The van der Waals surface area contributed by atoms with E-state index in [0.29, 0.717) is 0 Å². The van der Waals surface area contributed by atoms with Crippen molar-refractivity contribution < 1.29 is 65.4 Å². The van der Waals surface area contributed by atoms with Crippen LogP contribution >= 0.6 is 0 Å². The van der Waals surface area contributed by atoms with Crippen LogP contribution in [0.5, 0.6) is 0 Å². The van der Waals surface area contributed by atoms with Crippen LogP contribution in [0.1, 0.15) is 0 Å². The van der Waals surface area contributed by atoms with Gasteiger partial charge in [-0.25, -0.2) is 0 Å². The van der Waals surface area contributed by atoms with E-state index in [1.54, 1.807) is 14.1 Å². The van der Waals surface area contributed by atoms with Crippen LogP contribution in [0.15, 0.2) is 0 Å². The van der Waals surface area contributed by atoms with Crippen LogP contribution in [0.3, 0.4) is 0 Å². The Morgan fingerprint density at radius 3 is 0.455 bits per heavy atom. The average molecular weight is 367 g/mol. The first-order valence-corrected chi connectivity index (χ1v) is 1.41. The van der Waals surface area contributed by atoms with E-state index in [-0.39, 0.29) is 53.9 Å². The number of quaternary nitrogens is 2. The molecule has 0 saturated carbocycles. The number of rotatable bonds is 0. The van der Waals surface area contributed by atoms with Crippen LogP contribution in [0, 0.1) is 0 Å². The molecule has 0 bridgehead atoms. The quantitative estimate of drug-likeness (QED) is 0.405. The Balaban J connectivity index is -0.000000000635. The molecule has 0 rings (SSSR count). The molecule has 86 valence electrons. The third-order valence-electron chi connectivity index (χ3n) is 0. The van der Waals surface area contributed by atoms with Gasteiger partial charge < -0.3 is 44.3 Å². The van der Waals surface area contributed by atoms with E-state index in [1.165, 1.54) is 0 Å². The number of hydrogen-bond donors (Lipinski definition) is 2. The van der Waals surface area contributed by atoms with Crippen molar-refractivity contribution in [2.24, 2.45) is 0 Å². The summed E-state index contributed by atoms with van der Waals surface area (Å²) in [5.74, 6) is 0. The van der Waals surface area contributed by atoms with Crippen molar-refractivity contribution in [3.05, 3.63) is 0 Å². The van der Waals surface area contributed by atoms with E-state index in [9.17, 15) is 0 Å². The summed E-state index contributed by atoms with van der Waals surface area (Å²) in [5, 5.41) is 0. The molecule has 0 unspecified atom stereocenters. The fourth-order valence-corrected chi connectivity index (χ4v) is 0. The molecule has 0 aromatic rings. The molecule has 0 radical (unpaired) electrons. The van der Waals surface area contributed by atoms with Crippen molar-refractivity contribution in [1.29, 1.82) is 0 Å². The van der Waals surface area contributed by atoms with Gasteiger partial charge in [0.25, 0.3) is 0 Å². The maximum Gasteiger partial charge on any atom is 0.0634 e. The monoisotopic (exact) mass is 367 g/mol. The Bertz CT molecular complexity index is 18.5. The first kappa shape index (κ1) is 218. The molecule has 9 heteroatoms. The summed E-state index contributed by atoms with van der Waals surface area (Å²) < 4.78 is 0. The molecule has 0 aliphatic rings. The molecule has 0 saturated heterocycles. The molecule has 0 aromatic heterocycles. The third kappa shape index (κ3) is 5350. The Labute approximate surface area is 80.1 Å². The summed E-state index contributed by atoms with van der Waals surface area (Å²) >= 11 is 0. The Kier molecular flexibility index (Phi) is 133000. The van der Waals surface area contributed by atoms with Crippen LogP contribution in [-0.4, -0.2) is 47.0 Å². The topological polar surface area (TPSA) is 244 Å². The van der Waals surface area contributed by atoms with Gasteiger partial charge in [-0.2, -0.15) is 0 Å². The van der Waals surface area contributed by atoms with Gasteiger partial charge in [0.2, 0.25) is 0 Å². The van der Waals surface area contributed by atoms with Crippen molar-refractivity contribution in [3.63, 3.8) is 0 Å². The van der Waals surface area contributed by atoms with Gasteiger partial charge in [0.1, 0.15) is 0 Å². The minimum absolute atomic E-state index is 0. The zero-order valence-electron chi connectivity index (χ0n) is 6.73. The summed E-state index contributed by atoms with van der Waals surface area (Å²) in [6.07, 6.45) is 0. The predicted molar refractivity (Wildman–Crippen MR) is 39.3 cm³/mol. The molecule has 0 heterocycles. The van der Waals surface area contributed by atoms with Crippen molar-refractivity contribution in [1.82, 2.24) is 0 Å². The third-order valence-corrected chi connectivity index (χ3v) is 0. The van der Waals surface area contributed by atoms with Crippen LogP contribution in [0.4, 0.5) is 0 Å². The van der Waals surface area contributed by atoms with Gasteiger partial charge in [0.05, 0.1) is 14.1 Å². The summed E-state index contributed by atoms with van der Waals surface area (Å²) in [4.78, 5) is 0. The van der Waals surface area contributed by atoms with Crippen molar-refractivity contribution in [2.75, 3.05) is 14.1 Å². The predicted octanol–water partition coefficient (Wildman–Crippen LogP) is -7.23. The van der Waals surface area contributed by atoms with Crippen LogP contribution < -0.4 is 11.5 Å². The van der Waals surface area contributed by atoms with Gasteiger partial charge in [0.15, 0.2) is 0 Å². The Morgan fingerprint density at radius 1 is 0.455 bits per heavy atom. The van der Waals surface area contributed by atoms with E-state index in [0.717, 1.165) is 0 Å². The second-order valence-electron chi connectivity index (χ2n) is 0. The first-order valence-electron chi connectivity index (χ1n) is 1.41. The summed E-state index contributed by atoms with van der Waals surface area (Å²) in [6, 6.07) is 0.